The van der Waals surface area contributed by atoms with E-state index in [4.69, 9.17) is 10.5 Å². The standard InChI is InChI=1S/C19H21N3O3.ClH/c20-12-16-10-11-17(25-16)19(24)22-15-8-6-13(7-9-15)18(23)21-14-4-2-1-3-5-14;/h1-9,16-17H,10-12,20H2,(H,21,23)(H,22,24);1H/t16-,17+;/m1./s1. The van der Waals surface area contributed by atoms with E-state index in [9.17, 15) is 9.59 Å². The zero-order valence-electron chi connectivity index (χ0n) is 14.2. The van der Waals surface area contributed by atoms with Crippen LogP contribution in [0.15, 0.2) is 54.6 Å². The Morgan fingerprint density at radius 2 is 1.62 bits per heavy atom. The van der Waals surface area contributed by atoms with Crippen molar-refractivity contribution in [3.8, 4) is 0 Å². The van der Waals surface area contributed by atoms with Gasteiger partial charge in [0.25, 0.3) is 11.8 Å². The molecule has 0 unspecified atom stereocenters. The molecule has 1 fully saturated rings. The molecule has 2 aromatic carbocycles. The monoisotopic (exact) mass is 375 g/mol. The highest BCUT2D eigenvalue weighted by Crippen LogP contribution is 2.21. The van der Waals surface area contributed by atoms with Gasteiger partial charge in [-0.25, -0.2) is 0 Å². The fourth-order valence-corrected chi connectivity index (χ4v) is 2.72. The molecule has 2 atom stereocenters. The first kappa shape index (κ1) is 19.9. The molecule has 1 aliphatic heterocycles. The van der Waals surface area contributed by atoms with Crippen molar-refractivity contribution in [3.05, 3.63) is 60.2 Å². The molecule has 138 valence electrons. The smallest absolute Gasteiger partial charge is 0.255 e. The van der Waals surface area contributed by atoms with Gasteiger partial charge in [0.05, 0.1) is 6.10 Å². The second-order valence-corrected chi connectivity index (χ2v) is 5.95. The maximum absolute atomic E-state index is 12.2. The minimum atomic E-state index is -0.463. The molecule has 0 bridgehead atoms. The predicted molar refractivity (Wildman–Crippen MR) is 104 cm³/mol. The number of anilines is 2. The molecule has 4 N–H and O–H groups in total. The minimum Gasteiger partial charge on any atom is -0.364 e. The van der Waals surface area contributed by atoms with Crippen LogP contribution in [0.2, 0.25) is 0 Å². The van der Waals surface area contributed by atoms with Crippen LogP contribution in [0.5, 0.6) is 0 Å². The molecule has 0 saturated carbocycles. The van der Waals surface area contributed by atoms with Crippen LogP contribution in [0, 0.1) is 0 Å². The highest BCUT2D eigenvalue weighted by molar-refractivity contribution is 6.04. The Balaban J connectivity index is 0.00000243. The van der Waals surface area contributed by atoms with Gasteiger partial charge in [0.15, 0.2) is 0 Å². The summed E-state index contributed by atoms with van der Waals surface area (Å²) in [7, 11) is 0. The average Bonchev–Trinajstić information content (AvgIpc) is 3.12. The van der Waals surface area contributed by atoms with Gasteiger partial charge in [-0.1, -0.05) is 18.2 Å². The van der Waals surface area contributed by atoms with E-state index in [1.165, 1.54) is 0 Å². The summed E-state index contributed by atoms with van der Waals surface area (Å²) >= 11 is 0. The SMILES string of the molecule is Cl.NC[C@H]1CC[C@@H](C(=O)Nc2ccc(C(=O)Nc3ccccc3)cc2)O1. The number of carbonyl (C=O) groups excluding carboxylic acids is 2. The lowest BCUT2D eigenvalue weighted by atomic mass is 10.1. The fraction of sp³-hybridized carbons (Fsp3) is 0.263. The van der Waals surface area contributed by atoms with Gasteiger partial charge in [0.1, 0.15) is 6.10 Å². The summed E-state index contributed by atoms with van der Waals surface area (Å²) in [5, 5.41) is 5.62. The second kappa shape index (κ2) is 9.33. The molecule has 0 spiro atoms. The van der Waals surface area contributed by atoms with Crippen LogP contribution in [0.1, 0.15) is 23.2 Å². The molecule has 6 nitrogen and oxygen atoms in total. The number of nitrogens with one attached hydrogen (secondary N) is 2. The van der Waals surface area contributed by atoms with Gasteiger partial charge >= 0.3 is 0 Å². The van der Waals surface area contributed by atoms with Gasteiger partial charge in [0, 0.05) is 23.5 Å². The number of benzene rings is 2. The normalized spacial score (nSPS) is 18.7. The molecule has 7 heteroatoms. The van der Waals surface area contributed by atoms with Crippen molar-refractivity contribution in [2.24, 2.45) is 5.73 Å². The molecule has 0 aliphatic carbocycles. The lowest BCUT2D eigenvalue weighted by Crippen LogP contribution is -2.29. The molecule has 26 heavy (non-hydrogen) atoms. The Bertz CT molecular complexity index is 737. The van der Waals surface area contributed by atoms with Gasteiger partial charge in [-0.15, -0.1) is 12.4 Å². The highest BCUT2D eigenvalue weighted by Gasteiger charge is 2.29. The van der Waals surface area contributed by atoms with Crippen LogP contribution >= 0.6 is 12.4 Å². The van der Waals surface area contributed by atoms with E-state index in [0.29, 0.717) is 24.2 Å². The number of nitrogens with two attached hydrogens (primary N) is 1. The van der Waals surface area contributed by atoms with Gasteiger partial charge in [-0.05, 0) is 49.2 Å². The van der Waals surface area contributed by atoms with Crippen LogP contribution in [-0.4, -0.2) is 30.6 Å². The van der Waals surface area contributed by atoms with Crippen LogP contribution in [0.4, 0.5) is 11.4 Å². The minimum absolute atomic E-state index is 0. The number of carbonyl (C=O) groups is 2. The number of rotatable bonds is 5. The van der Waals surface area contributed by atoms with E-state index in [1.807, 2.05) is 30.3 Å². The average molecular weight is 376 g/mol. The molecule has 1 heterocycles. The molecule has 1 saturated heterocycles. The molecule has 1 aliphatic rings. The van der Waals surface area contributed by atoms with Gasteiger partial charge in [0.2, 0.25) is 0 Å². The third-order valence-corrected chi connectivity index (χ3v) is 4.11. The van der Waals surface area contributed by atoms with Crippen LogP contribution in [0.25, 0.3) is 0 Å². The molecular weight excluding hydrogens is 354 g/mol. The van der Waals surface area contributed by atoms with Gasteiger partial charge in [-0.2, -0.15) is 0 Å². The van der Waals surface area contributed by atoms with Crippen molar-refractivity contribution < 1.29 is 14.3 Å². The van der Waals surface area contributed by atoms with E-state index in [1.54, 1.807) is 24.3 Å². The number of para-hydroxylation sites is 1. The van der Waals surface area contributed by atoms with Gasteiger partial charge < -0.3 is 21.1 Å². The topological polar surface area (TPSA) is 93.5 Å². The first-order chi connectivity index (χ1) is 12.2. The number of amides is 2. The Hall–Kier alpha value is -2.41. The van der Waals surface area contributed by atoms with E-state index >= 15 is 0 Å². The van der Waals surface area contributed by atoms with Crippen molar-refractivity contribution in [3.63, 3.8) is 0 Å². The molecule has 0 radical (unpaired) electrons. The quantitative estimate of drug-likeness (QED) is 0.749. The summed E-state index contributed by atoms with van der Waals surface area (Å²) in [5.41, 5.74) is 7.43. The molecule has 3 rings (SSSR count). The molecule has 2 aromatic rings. The Morgan fingerprint density at radius 3 is 2.23 bits per heavy atom. The zero-order chi connectivity index (χ0) is 17.6. The summed E-state index contributed by atoms with van der Waals surface area (Å²) in [6.45, 7) is 0.426. The first-order valence-electron chi connectivity index (χ1n) is 8.28. The van der Waals surface area contributed by atoms with E-state index < -0.39 is 6.10 Å². The third kappa shape index (κ3) is 5.05. The lowest BCUT2D eigenvalue weighted by Gasteiger charge is -2.13. The maximum Gasteiger partial charge on any atom is 0.255 e. The largest absolute Gasteiger partial charge is 0.364 e. The van der Waals surface area contributed by atoms with E-state index in [0.717, 1.165) is 12.1 Å². The number of hydrogen-bond acceptors (Lipinski definition) is 4. The number of halogens is 1. The molecular formula is C19H22ClN3O3. The van der Waals surface area contributed by atoms with Crippen molar-refractivity contribution in [1.29, 1.82) is 0 Å². The summed E-state index contributed by atoms with van der Waals surface area (Å²) in [6.07, 6.45) is 0.966. The van der Waals surface area contributed by atoms with Crippen LogP contribution in [0.3, 0.4) is 0 Å². The Kier molecular flexibility index (Phi) is 7.15. The maximum atomic E-state index is 12.2. The van der Waals surface area contributed by atoms with Crippen molar-refractivity contribution >= 4 is 35.6 Å². The zero-order valence-corrected chi connectivity index (χ0v) is 15.0. The van der Waals surface area contributed by atoms with Crippen molar-refractivity contribution in [2.75, 3.05) is 17.2 Å². The third-order valence-electron chi connectivity index (χ3n) is 4.11. The first-order valence-corrected chi connectivity index (χ1v) is 8.28. The molecule has 0 aromatic heterocycles. The summed E-state index contributed by atoms with van der Waals surface area (Å²) in [4.78, 5) is 24.4. The number of hydrogen-bond donors (Lipinski definition) is 3. The summed E-state index contributed by atoms with van der Waals surface area (Å²) in [5.74, 6) is -0.383. The van der Waals surface area contributed by atoms with Crippen molar-refractivity contribution in [1.82, 2.24) is 0 Å². The van der Waals surface area contributed by atoms with Crippen LogP contribution in [-0.2, 0) is 9.53 Å². The molecule has 2 amide bonds. The number of ether oxygens (including phenoxy) is 1. The van der Waals surface area contributed by atoms with Crippen LogP contribution < -0.4 is 16.4 Å². The van der Waals surface area contributed by atoms with E-state index in [2.05, 4.69) is 10.6 Å². The predicted octanol–water partition coefficient (Wildman–Crippen LogP) is 2.81. The van der Waals surface area contributed by atoms with Crippen molar-refractivity contribution in [2.45, 2.75) is 25.0 Å². The van der Waals surface area contributed by atoms with E-state index in [-0.39, 0.29) is 30.3 Å². The Morgan fingerprint density at radius 1 is 0.962 bits per heavy atom. The Labute approximate surface area is 158 Å². The second-order valence-electron chi connectivity index (χ2n) is 5.95. The lowest BCUT2D eigenvalue weighted by molar-refractivity contribution is -0.126. The summed E-state index contributed by atoms with van der Waals surface area (Å²) in [6, 6.07) is 16.0. The highest BCUT2D eigenvalue weighted by atomic mass is 35.5. The summed E-state index contributed by atoms with van der Waals surface area (Å²) < 4.78 is 5.57. The van der Waals surface area contributed by atoms with Gasteiger partial charge in [-0.3, -0.25) is 9.59 Å². The fourth-order valence-electron chi connectivity index (χ4n) is 2.72.